The summed E-state index contributed by atoms with van der Waals surface area (Å²) in [6.45, 7) is 8.38. The standard InChI is InChI=1S/C17H26ClNO/c1-4-7-19-17(11-14-6-5-8-20-14)15-9-12(2)13(3)10-16(15)18/h9-10,14,17,19H,4-8,11H2,1-3H3. The Morgan fingerprint density at radius 1 is 1.35 bits per heavy atom. The van der Waals surface area contributed by atoms with Crippen LogP contribution >= 0.6 is 11.6 Å². The van der Waals surface area contributed by atoms with Gasteiger partial charge in [-0.2, -0.15) is 0 Å². The van der Waals surface area contributed by atoms with Gasteiger partial charge in [0.25, 0.3) is 0 Å². The Hall–Kier alpha value is -0.570. The van der Waals surface area contributed by atoms with Crippen molar-refractivity contribution in [2.45, 2.75) is 58.6 Å². The van der Waals surface area contributed by atoms with E-state index < -0.39 is 0 Å². The van der Waals surface area contributed by atoms with Crippen LogP contribution in [0.1, 0.15) is 55.3 Å². The minimum Gasteiger partial charge on any atom is -0.378 e. The maximum Gasteiger partial charge on any atom is 0.0594 e. The normalized spacial score (nSPS) is 20.3. The van der Waals surface area contributed by atoms with Gasteiger partial charge in [-0.1, -0.05) is 24.6 Å². The fraction of sp³-hybridized carbons (Fsp3) is 0.647. The van der Waals surface area contributed by atoms with E-state index >= 15 is 0 Å². The average molecular weight is 296 g/mol. The molecule has 1 heterocycles. The van der Waals surface area contributed by atoms with Gasteiger partial charge in [0, 0.05) is 17.7 Å². The molecule has 1 N–H and O–H groups in total. The summed E-state index contributed by atoms with van der Waals surface area (Å²) >= 11 is 6.48. The minimum atomic E-state index is 0.296. The molecule has 2 nitrogen and oxygen atoms in total. The summed E-state index contributed by atoms with van der Waals surface area (Å²) in [5.74, 6) is 0. The molecule has 0 bridgehead atoms. The third-order valence-corrected chi connectivity index (χ3v) is 4.48. The summed E-state index contributed by atoms with van der Waals surface area (Å²) in [6, 6.07) is 4.62. The lowest BCUT2D eigenvalue weighted by Crippen LogP contribution is -2.26. The molecule has 1 aromatic carbocycles. The number of aryl methyl sites for hydroxylation is 2. The number of hydrogen-bond acceptors (Lipinski definition) is 2. The van der Waals surface area contributed by atoms with Crippen LogP contribution in [0.2, 0.25) is 5.02 Å². The molecule has 112 valence electrons. The van der Waals surface area contributed by atoms with E-state index in [0.29, 0.717) is 12.1 Å². The molecule has 0 aliphatic carbocycles. The molecule has 0 amide bonds. The van der Waals surface area contributed by atoms with Gasteiger partial charge in [0.05, 0.1) is 6.10 Å². The van der Waals surface area contributed by atoms with Crippen LogP contribution < -0.4 is 5.32 Å². The lowest BCUT2D eigenvalue weighted by molar-refractivity contribution is 0.0946. The molecule has 3 heteroatoms. The SMILES string of the molecule is CCCNC(CC1CCCO1)c1cc(C)c(C)cc1Cl. The third kappa shape index (κ3) is 3.97. The summed E-state index contributed by atoms with van der Waals surface area (Å²) in [4.78, 5) is 0. The van der Waals surface area contributed by atoms with Crippen LogP contribution in [0.15, 0.2) is 12.1 Å². The van der Waals surface area contributed by atoms with E-state index in [9.17, 15) is 0 Å². The molecule has 2 rings (SSSR count). The van der Waals surface area contributed by atoms with Gasteiger partial charge >= 0.3 is 0 Å². The van der Waals surface area contributed by atoms with Crippen LogP contribution in [0.5, 0.6) is 0 Å². The van der Waals surface area contributed by atoms with Gasteiger partial charge in [0.2, 0.25) is 0 Å². The van der Waals surface area contributed by atoms with Crippen molar-refractivity contribution in [3.05, 3.63) is 33.8 Å². The highest BCUT2D eigenvalue weighted by Gasteiger charge is 2.23. The molecule has 1 fully saturated rings. The molecule has 20 heavy (non-hydrogen) atoms. The van der Waals surface area contributed by atoms with Crippen LogP contribution in [0.4, 0.5) is 0 Å². The first-order valence-corrected chi connectivity index (χ1v) is 8.11. The Kier molecular flexibility index (Phi) is 5.88. The predicted octanol–water partition coefficient (Wildman–Crippen LogP) is 4.57. The van der Waals surface area contributed by atoms with E-state index in [-0.39, 0.29) is 0 Å². The molecule has 0 radical (unpaired) electrons. The Bertz CT molecular complexity index is 441. The molecule has 2 atom stereocenters. The third-order valence-electron chi connectivity index (χ3n) is 4.15. The smallest absolute Gasteiger partial charge is 0.0594 e. The average Bonchev–Trinajstić information content (AvgIpc) is 2.92. The zero-order valence-electron chi connectivity index (χ0n) is 12.8. The fourth-order valence-corrected chi connectivity index (χ4v) is 3.15. The maximum atomic E-state index is 6.48. The Morgan fingerprint density at radius 3 is 2.75 bits per heavy atom. The Labute approximate surface area is 127 Å². The van der Waals surface area contributed by atoms with Crippen molar-refractivity contribution in [3.63, 3.8) is 0 Å². The number of nitrogens with one attached hydrogen (secondary N) is 1. The van der Waals surface area contributed by atoms with Crippen molar-refractivity contribution in [1.29, 1.82) is 0 Å². The van der Waals surface area contributed by atoms with E-state index in [4.69, 9.17) is 16.3 Å². The van der Waals surface area contributed by atoms with Crippen LogP contribution in [-0.4, -0.2) is 19.3 Å². The summed E-state index contributed by atoms with van der Waals surface area (Å²) < 4.78 is 5.80. The van der Waals surface area contributed by atoms with Crippen molar-refractivity contribution in [2.75, 3.05) is 13.2 Å². The molecule has 0 saturated carbocycles. The summed E-state index contributed by atoms with van der Waals surface area (Å²) in [5.41, 5.74) is 3.78. The first-order valence-electron chi connectivity index (χ1n) is 7.73. The topological polar surface area (TPSA) is 21.3 Å². The second kappa shape index (κ2) is 7.44. The molecule has 1 aromatic rings. The molecule has 1 aliphatic heterocycles. The molecular weight excluding hydrogens is 270 g/mol. The Morgan fingerprint density at radius 2 is 2.10 bits per heavy atom. The van der Waals surface area contributed by atoms with Gasteiger partial charge in [-0.05, 0) is 68.8 Å². The molecule has 2 unspecified atom stereocenters. The summed E-state index contributed by atoms with van der Waals surface area (Å²) in [5, 5.41) is 4.51. The van der Waals surface area contributed by atoms with Crippen LogP contribution in [0.3, 0.4) is 0 Å². The highest BCUT2D eigenvalue weighted by atomic mass is 35.5. The first kappa shape index (κ1) is 15.8. The number of rotatable bonds is 6. The zero-order valence-corrected chi connectivity index (χ0v) is 13.6. The quantitative estimate of drug-likeness (QED) is 0.830. The van der Waals surface area contributed by atoms with E-state index in [0.717, 1.165) is 31.0 Å². The highest BCUT2D eigenvalue weighted by Crippen LogP contribution is 2.31. The van der Waals surface area contributed by atoms with Crippen molar-refractivity contribution in [3.8, 4) is 0 Å². The second-order valence-corrected chi connectivity index (χ2v) is 6.24. The van der Waals surface area contributed by atoms with Crippen LogP contribution in [-0.2, 0) is 4.74 Å². The monoisotopic (exact) mass is 295 g/mol. The summed E-state index contributed by atoms with van der Waals surface area (Å²) in [6.07, 6.45) is 4.88. The second-order valence-electron chi connectivity index (χ2n) is 5.84. The minimum absolute atomic E-state index is 0.296. The molecule has 1 saturated heterocycles. The lowest BCUT2D eigenvalue weighted by Gasteiger charge is -2.24. The molecule has 0 aromatic heterocycles. The summed E-state index contributed by atoms with van der Waals surface area (Å²) in [7, 11) is 0. The predicted molar refractivity (Wildman–Crippen MR) is 85.6 cm³/mol. The van der Waals surface area contributed by atoms with Gasteiger partial charge < -0.3 is 10.1 Å². The van der Waals surface area contributed by atoms with Gasteiger partial charge in [0.1, 0.15) is 0 Å². The molecular formula is C17H26ClNO. The van der Waals surface area contributed by atoms with E-state index in [1.807, 2.05) is 0 Å². The molecule has 1 aliphatic rings. The van der Waals surface area contributed by atoms with Gasteiger partial charge in [0.15, 0.2) is 0 Å². The van der Waals surface area contributed by atoms with Gasteiger partial charge in [-0.15, -0.1) is 0 Å². The van der Waals surface area contributed by atoms with Crippen molar-refractivity contribution in [2.24, 2.45) is 0 Å². The van der Waals surface area contributed by atoms with Crippen molar-refractivity contribution >= 4 is 11.6 Å². The maximum absolute atomic E-state index is 6.48. The van der Waals surface area contributed by atoms with Crippen molar-refractivity contribution in [1.82, 2.24) is 5.32 Å². The number of benzene rings is 1. The first-order chi connectivity index (χ1) is 9.61. The highest BCUT2D eigenvalue weighted by molar-refractivity contribution is 6.31. The van der Waals surface area contributed by atoms with Crippen LogP contribution in [0.25, 0.3) is 0 Å². The number of hydrogen-bond donors (Lipinski definition) is 1. The van der Waals surface area contributed by atoms with Gasteiger partial charge in [-0.25, -0.2) is 0 Å². The van der Waals surface area contributed by atoms with Crippen LogP contribution in [0, 0.1) is 13.8 Å². The largest absolute Gasteiger partial charge is 0.378 e. The lowest BCUT2D eigenvalue weighted by atomic mass is 9.96. The molecule has 0 spiro atoms. The van der Waals surface area contributed by atoms with Gasteiger partial charge in [-0.3, -0.25) is 0 Å². The van der Waals surface area contributed by atoms with E-state index in [1.165, 1.54) is 29.5 Å². The number of halogens is 1. The van der Waals surface area contributed by atoms with E-state index in [2.05, 4.69) is 38.2 Å². The zero-order chi connectivity index (χ0) is 14.5. The van der Waals surface area contributed by atoms with E-state index in [1.54, 1.807) is 0 Å². The Balaban J connectivity index is 2.18. The number of ether oxygens (including phenoxy) is 1. The van der Waals surface area contributed by atoms with Crippen molar-refractivity contribution < 1.29 is 4.74 Å². The fourth-order valence-electron chi connectivity index (χ4n) is 2.80.